The van der Waals surface area contributed by atoms with Crippen molar-refractivity contribution in [2.24, 2.45) is 0 Å². The van der Waals surface area contributed by atoms with Gasteiger partial charge in [0.25, 0.3) is 0 Å². The summed E-state index contributed by atoms with van der Waals surface area (Å²) in [5.41, 5.74) is 2.07. The van der Waals surface area contributed by atoms with Gasteiger partial charge in [-0.3, -0.25) is 4.98 Å². The molecule has 0 N–H and O–H groups in total. The molecule has 1 aromatic heterocycles. The average Bonchev–Trinajstić information content (AvgIpc) is 2.20. The number of benzene rings is 1. The summed E-state index contributed by atoms with van der Waals surface area (Å²) in [6.07, 6.45) is 3.56. The standard InChI is InChI=1S/C11H8ClN/c12-11-6-2-1-5-10(11)9-4-3-7-13-8-9/h1-8H. The Labute approximate surface area is 82.0 Å². The van der Waals surface area contributed by atoms with E-state index in [2.05, 4.69) is 4.98 Å². The predicted octanol–water partition coefficient (Wildman–Crippen LogP) is 3.40. The van der Waals surface area contributed by atoms with Crippen molar-refractivity contribution in [3.8, 4) is 11.1 Å². The van der Waals surface area contributed by atoms with Crippen molar-refractivity contribution >= 4 is 11.6 Å². The van der Waals surface area contributed by atoms with Crippen molar-refractivity contribution in [1.82, 2.24) is 4.98 Å². The van der Waals surface area contributed by atoms with Crippen LogP contribution in [0.5, 0.6) is 0 Å². The number of nitrogens with zero attached hydrogens (tertiary/aromatic N) is 1. The molecule has 0 saturated heterocycles. The first-order valence-electron chi connectivity index (χ1n) is 4.03. The quantitative estimate of drug-likeness (QED) is 0.670. The largest absolute Gasteiger partial charge is 0.264 e. The molecule has 1 heterocycles. The van der Waals surface area contributed by atoms with E-state index in [0.717, 1.165) is 16.1 Å². The molecule has 0 spiro atoms. The second kappa shape index (κ2) is 3.58. The zero-order valence-corrected chi connectivity index (χ0v) is 7.70. The van der Waals surface area contributed by atoms with E-state index >= 15 is 0 Å². The van der Waals surface area contributed by atoms with Crippen molar-refractivity contribution in [2.45, 2.75) is 0 Å². The van der Waals surface area contributed by atoms with Gasteiger partial charge in [0.05, 0.1) is 0 Å². The van der Waals surface area contributed by atoms with Gasteiger partial charge in [0.2, 0.25) is 0 Å². The average molecular weight is 190 g/mol. The Balaban J connectivity index is 2.54. The molecule has 0 fully saturated rings. The van der Waals surface area contributed by atoms with Crippen LogP contribution in [0.3, 0.4) is 0 Å². The summed E-state index contributed by atoms with van der Waals surface area (Å²) in [6, 6.07) is 11.6. The highest BCUT2D eigenvalue weighted by atomic mass is 35.5. The highest BCUT2D eigenvalue weighted by molar-refractivity contribution is 6.33. The molecular formula is C11H8ClN. The first-order valence-corrected chi connectivity index (χ1v) is 4.40. The minimum absolute atomic E-state index is 0.760. The van der Waals surface area contributed by atoms with Gasteiger partial charge in [0.15, 0.2) is 0 Å². The van der Waals surface area contributed by atoms with E-state index in [4.69, 9.17) is 11.6 Å². The van der Waals surface area contributed by atoms with E-state index in [9.17, 15) is 0 Å². The summed E-state index contributed by atoms with van der Waals surface area (Å²) in [5, 5.41) is 0.760. The van der Waals surface area contributed by atoms with E-state index in [-0.39, 0.29) is 0 Å². The van der Waals surface area contributed by atoms with Crippen LogP contribution in [0, 0.1) is 0 Å². The van der Waals surface area contributed by atoms with Crippen LogP contribution in [-0.2, 0) is 0 Å². The number of hydrogen-bond acceptors (Lipinski definition) is 1. The first-order chi connectivity index (χ1) is 6.38. The lowest BCUT2D eigenvalue weighted by Gasteiger charge is -2.01. The molecule has 0 amide bonds. The van der Waals surface area contributed by atoms with Gasteiger partial charge in [0.1, 0.15) is 0 Å². The molecule has 0 aliphatic carbocycles. The number of hydrogen-bond donors (Lipinski definition) is 0. The number of aromatic nitrogens is 1. The summed E-state index contributed by atoms with van der Waals surface area (Å²) in [4.78, 5) is 4.04. The smallest absolute Gasteiger partial charge is 0.0484 e. The minimum Gasteiger partial charge on any atom is -0.264 e. The highest BCUT2D eigenvalue weighted by Crippen LogP contribution is 2.26. The van der Waals surface area contributed by atoms with Crippen molar-refractivity contribution in [1.29, 1.82) is 0 Å². The summed E-state index contributed by atoms with van der Waals surface area (Å²) >= 11 is 6.03. The second-order valence-corrected chi connectivity index (χ2v) is 3.13. The van der Waals surface area contributed by atoms with Crippen molar-refractivity contribution in [3.63, 3.8) is 0 Å². The van der Waals surface area contributed by atoms with Gasteiger partial charge in [0, 0.05) is 28.5 Å². The first kappa shape index (κ1) is 8.27. The Hall–Kier alpha value is -1.34. The maximum atomic E-state index is 6.03. The topological polar surface area (TPSA) is 12.9 Å². The Morgan fingerprint density at radius 1 is 1.00 bits per heavy atom. The van der Waals surface area contributed by atoms with Crippen LogP contribution in [0.4, 0.5) is 0 Å². The van der Waals surface area contributed by atoms with Gasteiger partial charge in [-0.1, -0.05) is 35.9 Å². The molecule has 0 bridgehead atoms. The Bertz CT molecular complexity index is 398. The molecule has 0 unspecified atom stereocenters. The van der Waals surface area contributed by atoms with Crippen LogP contribution < -0.4 is 0 Å². The lowest BCUT2D eigenvalue weighted by atomic mass is 10.1. The van der Waals surface area contributed by atoms with Gasteiger partial charge in [-0.2, -0.15) is 0 Å². The third kappa shape index (κ3) is 1.70. The fourth-order valence-electron chi connectivity index (χ4n) is 1.22. The molecule has 0 radical (unpaired) electrons. The van der Waals surface area contributed by atoms with Crippen LogP contribution in [0.2, 0.25) is 5.02 Å². The highest BCUT2D eigenvalue weighted by Gasteiger charge is 2.00. The molecule has 2 rings (SSSR count). The van der Waals surface area contributed by atoms with E-state index in [1.807, 2.05) is 36.4 Å². The van der Waals surface area contributed by atoms with Crippen LogP contribution in [0.25, 0.3) is 11.1 Å². The van der Waals surface area contributed by atoms with E-state index < -0.39 is 0 Å². The third-order valence-corrected chi connectivity index (χ3v) is 2.18. The Morgan fingerprint density at radius 2 is 1.85 bits per heavy atom. The molecule has 2 aromatic rings. The van der Waals surface area contributed by atoms with E-state index in [1.165, 1.54) is 0 Å². The lowest BCUT2D eigenvalue weighted by Crippen LogP contribution is -1.79. The van der Waals surface area contributed by atoms with Gasteiger partial charge in [-0.15, -0.1) is 0 Å². The summed E-state index contributed by atoms with van der Waals surface area (Å²) < 4.78 is 0. The minimum atomic E-state index is 0.760. The molecule has 2 heteroatoms. The van der Waals surface area contributed by atoms with E-state index in [1.54, 1.807) is 12.4 Å². The number of rotatable bonds is 1. The molecule has 0 aliphatic rings. The van der Waals surface area contributed by atoms with Crippen molar-refractivity contribution in [2.75, 3.05) is 0 Å². The van der Waals surface area contributed by atoms with Crippen LogP contribution in [0.1, 0.15) is 0 Å². The normalized spacial score (nSPS) is 9.92. The molecule has 64 valence electrons. The number of halogens is 1. The van der Waals surface area contributed by atoms with Gasteiger partial charge in [-0.25, -0.2) is 0 Å². The Kier molecular flexibility index (Phi) is 2.28. The van der Waals surface area contributed by atoms with Crippen molar-refractivity contribution < 1.29 is 0 Å². The molecular weight excluding hydrogens is 182 g/mol. The van der Waals surface area contributed by atoms with Crippen molar-refractivity contribution in [3.05, 3.63) is 53.8 Å². The maximum Gasteiger partial charge on any atom is 0.0484 e. The summed E-state index contributed by atoms with van der Waals surface area (Å²) in [6.45, 7) is 0. The molecule has 0 saturated carbocycles. The van der Waals surface area contributed by atoms with Crippen LogP contribution in [-0.4, -0.2) is 4.98 Å². The van der Waals surface area contributed by atoms with Gasteiger partial charge >= 0.3 is 0 Å². The number of pyridine rings is 1. The summed E-state index contributed by atoms with van der Waals surface area (Å²) in [7, 11) is 0. The van der Waals surface area contributed by atoms with Crippen LogP contribution in [0.15, 0.2) is 48.8 Å². The third-order valence-electron chi connectivity index (χ3n) is 1.85. The molecule has 0 atom stereocenters. The molecule has 0 aliphatic heterocycles. The Morgan fingerprint density at radius 3 is 2.54 bits per heavy atom. The lowest BCUT2D eigenvalue weighted by molar-refractivity contribution is 1.33. The monoisotopic (exact) mass is 189 g/mol. The predicted molar refractivity (Wildman–Crippen MR) is 54.7 cm³/mol. The fourth-order valence-corrected chi connectivity index (χ4v) is 1.46. The SMILES string of the molecule is Clc1ccccc1-c1cccnc1. The molecule has 13 heavy (non-hydrogen) atoms. The zero-order valence-electron chi connectivity index (χ0n) is 6.94. The molecule has 1 nitrogen and oxygen atoms in total. The summed E-state index contributed by atoms with van der Waals surface area (Å²) in [5.74, 6) is 0. The zero-order chi connectivity index (χ0) is 9.10. The van der Waals surface area contributed by atoms with E-state index in [0.29, 0.717) is 0 Å². The molecule has 1 aromatic carbocycles. The van der Waals surface area contributed by atoms with Crippen LogP contribution >= 0.6 is 11.6 Å². The van der Waals surface area contributed by atoms with Gasteiger partial charge in [-0.05, 0) is 12.1 Å². The second-order valence-electron chi connectivity index (χ2n) is 2.72. The fraction of sp³-hybridized carbons (Fsp3) is 0. The maximum absolute atomic E-state index is 6.03. The van der Waals surface area contributed by atoms with Gasteiger partial charge < -0.3 is 0 Å².